The van der Waals surface area contributed by atoms with E-state index in [0.717, 1.165) is 44.5 Å². The Morgan fingerprint density at radius 2 is 0.921 bits per heavy atom. The van der Waals surface area contributed by atoms with Gasteiger partial charge in [0.15, 0.2) is 17.5 Å². The third-order valence-corrected chi connectivity index (χ3v) is 13.5. The van der Waals surface area contributed by atoms with Crippen molar-refractivity contribution in [2.45, 2.75) is 0 Å². The maximum absolute atomic E-state index is 5.24. The van der Waals surface area contributed by atoms with Crippen LogP contribution in [0, 0.1) is 0 Å². The van der Waals surface area contributed by atoms with Crippen molar-refractivity contribution in [2.75, 3.05) is 0 Å². The van der Waals surface area contributed by atoms with Crippen LogP contribution in [0.1, 0.15) is 0 Å². The molecule has 0 saturated heterocycles. The normalized spacial score (nSPS) is 11.8. The number of rotatable bonds is 6. The van der Waals surface area contributed by atoms with E-state index in [1.165, 1.54) is 58.5 Å². The van der Waals surface area contributed by atoms with Crippen LogP contribution in [0.5, 0.6) is 0 Å². The molecule has 0 bridgehead atoms. The summed E-state index contributed by atoms with van der Waals surface area (Å²) in [6, 6.07) is 75.6. The van der Waals surface area contributed by atoms with Gasteiger partial charge in [0.2, 0.25) is 0 Å². The van der Waals surface area contributed by atoms with E-state index in [1.54, 1.807) is 0 Å². The predicted molar refractivity (Wildman–Crippen MR) is 263 cm³/mol. The molecule has 0 saturated carbocycles. The Hall–Kier alpha value is -8.19. The minimum Gasteiger partial charge on any atom is -0.309 e. The van der Waals surface area contributed by atoms with Crippen LogP contribution in [0.15, 0.2) is 212 Å². The highest BCUT2D eigenvalue weighted by atomic mass is 32.1. The number of aromatic nitrogens is 5. The van der Waals surface area contributed by atoms with Crippen LogP contribution in [0.4, 0.5) is 0 Å². The van der Waals surface area contributed by atoms with Gasteiger partial charge in [-0.15, -0.1) is 11.3 Å². The number of fused-ring (bicyclic) bond motifs is 10. The second-order valence-corrected chi connectivity index (χ2v) is 17.1. The molecule has 4 aromatic heterocycles. The number of benzene rings is 9. The molecule has 0 unspecified atom stereocenters. The molecule has 0 radical (unpaired) electrons. The van der Waals surface area contributed by atoms with Crippen molar-refractivity contribution >= 4 is 75.1 Å². The summed E-state index contributed by atoms with van der Waals surface area (Å²) in [7, 11) is 0. The third kappa shape index (κ3) is 5.66. The van der Waals surface area contributed by atoms with Crippen LogP contribution in [-0.4, -0.2) is 24.1 Å². The smallest absolute Gasteiger partial charge is 0.166 e. The van der Waals surface area contributed by atoms with E-state index in [1.807, 2.05) is 47.7 Å². The predicted octanol–water partition coefficient (Wildman–Crippen LogP) is 15.1. The molecule has 4 heterocycles. The first kappa shape index (κ1) is 35.6. The standard InChI is InChI=1S/C57H35N5S/c1-5-16-36(17-6-1)39-28-30-43-42-24-13-14-27-47(42)61(49(43)34-39)41-29-32-50-46(35-41)53-51(63-50)33-31-48-52(53)44-25-15-26-45(54(44)62(48)40-22-11-4-12-23-40)57-59-55(37-18-7-2-8-19-37)58-56(60-57)38-20-9-3-10-21-38/h1-35H. The Kier molecular flexibility index (Phi) is 8.01. The zero-order valence-electron chi connectivity index (χ0n) is 33.9. The summed E-state index contributed by atoms with van der Waals surface area (Å²) in [6.45, 7) is 0. The van der Waals surface area contributed by atoms with Crippen LogP contribution in [0.2, 0.25) is 0 Å². The summed E-state index contributed by atoms with van der Waals surface area (Å²) in [5.41, 5.74) is 12.0. The van der Waals surface area contributed by atoms with Gasteiger partial charge in [-0.25, -0.2) is 15.0 Å². The molecule has 0 aliphatic rings. The third-order valence-electron chi connectivity index (χ3n) is 12.4. The van der Waals surface area contributed by atoms with Gasteiger partial charge in [-0.05, 0) is 71.8 Å². The monoisotopic (exact) mass is 821 g/mol. The SMILES string of the molecule is c1ccc(-c2ccc3c4ccccc4n(-c4ccc5sc6ccc7c(c8cccc(-c9nc(-c%10ccccc%10)nc(-c%10ccccc%10)n9)c8n7-c7ccccc7)c6c5c4)c3c2)cc1. The molecular weight excluding hydrogens is 787 g/mol. The molecule has 0 N–H and O–H groups in total. The molecule has 13 rings (SSSR count). The van der Waals surface area contributed by atoms with Crippen molar-refractivity contribution in [3.05, 3.63) is 212 Å². The Bertz CT molecular complexity index is 3830. The molecule has 9 aromatic carbocycles. The zero-order chi connectivity index (χ0) is 41.4. The van der Waals surface area contributed by atoms with Crippen molar-refractivity contribution < 1.29 is 0 Å². The summed E-state index contributed by atoms with van der Waals surface area (Å²) in [4.78, 5) is 15.5. The van der Waals surface area contributed by atoms with Crippen molar-refractivity contribution in [2.24, 2.45) is 0 Å². The molecule has 0 aliphatic carbocycles. The van der Waals surface area contributed by atoms with Gasteiger partial charge in [-0.3, -0.25) is 0 Å². The van der Waals surface area contributed by atoms with Crippen molar-refractivity contribution in [1.82, 2.24) is 24.1 Å². The van der Waals surface area contributed by atoms with Gasteiger partial charge >= 0.3 is 0 Å². The Balaban J connectivity index is 1.10. The van der Waals surface area contributed by atoms with E-state index in [-0.39, 0.29) is 0 Å². The van der Waals surface area contributed by atoms with E-state index in [4.69, 9.17) is 15.0 Å². The number of hydrogen-bond donors (Lipinski definition) is 0. The second kappa shape index (κ2) is 14.2. The van der Waals surface area contributed by atoms with Gasteiger partial charge in [0.1, 0.15) is 0 Å². The number of para-hydroxylation sites is 3. The van der Waals surface area contributed by atoms with Crippen molar-refractivity contribution in [1.29, 1.82) is 0 Å². The second-order valence-electron chi connectivity index (χ2n) is 16.0. The van der Waals surface area contributed by atoms with Gasteiger partial charge < -0.3 is 9.13 Å². The van der Waals surface area contributed by atoms with Gasteiger partial charge in [-0.2, -0.15) is 0 Å². The summed E-state index contributed by atoms with van der Waals surface area (Å²) >= 11 is 1.85. The van der Waals surface area contributed by atoms with Crippen LogP contribution in [-0.2, 0) is 0 Å². The lowest BCUT2D eigenvalue weighted by atomic mass is 10.0. The first-order valence-corrected chi connectivity index (χ1v) is 22.0. The summed E-state index contributed by atoms with van der Waals surface area (Å²) in [5.74, 6) is 1.90. The highest BCUT2D eigenvalue weighted by molar-refractivity contribution is 7.26. The van der Waals surface area contributed by atoms with Crippen LogP contribution in [0.3, 0.4) is 0 Å². The Morgan fingerprint density at radius 3 is 1.65 bits per heavy atom. The number of nitrogens with zero attached hydrogens (tertiary/aromatic N) is 5. The molecule has 13 aromatic rings. The lowest BCUT2D eigenvalue weighted by Crippen LogP contribution is -2.02. The van der Waals surface area contributed by atoms with E-state index in [9.17, 15) is 0 Å². The molecule has 0 amide bonds. The molecule has 0 aliphatic heterocycles. The summed E-state index contributed by atoms with van der Waals surface area (Å²) < 4.78 is 7.35. The van der Waals surface area contributed by atoms with Crippen molar-refractivity contribution in [3.8, 4) is 56.7 Å². The highest BCUT2D eigenvalue weighted by Crippen LogP contribution is 2.46. The molecular formula is C57H35N5S. The van der Waals surface area contributed by atoms with E-state index < -0.39 is 0 Å². The highest BCUT2D eigenvalue weighted by Gasteiger charge is 2.23. The fraction of sp³-hybridized carbons (Fsp3) is 0. The average Bonchev–Trinajstić information content (AvgIpc) is 4.02. The number of hydrogen-bond acceptors (Lipinski definition) is 4. The van der Waals surface area contributed by atoms with Crippen LogP contribution < -0.4 is 0 Å². The van der Waals surface area contributed by atoms with Gasteiger partial charge in [0, 0.05) is 69.8 Å². The molecule has 294 valence electrons. The molecule has 0 fully saturated rings. The minimum atomic E-state index is 0.628. The molecule has 5 nitrogen and oxygen atoms in total. The first-order valence-electron chi connectivity index (χ1n) is 21.2. The van der Waals surface area contributed by atoms with E-state index in [2.05, 4.69) is 185 Å². The largest absolute Gasteiger partial charge is 0.309 e. The quantitative estimate of drug-likeness (QED) is 0.168. The molecule has 6 heteroatoms. The fourth-order valence-electron chi connectivity index (χ4n) is 9.56. The lowest BCUT2D eigenvalue weighted by Gasteiger charge is -2.12. The zero-order valence-corrected chi connectivity index (χ0v) is 34.7. The Labute approximate surface area is 366 Å². The molecule has 0 atom stereocenters. The molecule has 0 spiro atoms. The number of thiophene rings is 1. The van der Waals surface area contributed by atoms with E-state index in [0.29, 0.717) is 17.5 Å². The Morgan fingerprint density at radius 1 is 0.317 bits per heavy atom. The van der Waals surface area contributed by atoms with Crippen molar-refractivity contribution in [3.63, 3.8) is 0 Å². The van der Waals surface area contributed by atoms with Gasteiger partial charge in [-0.1, -0.05) is 152 Å². The average molecular weight is 822 g/mol. The minimum absolute atomic E-state index is 0.628. The van der Waals surface area contributed by atoms with Crippen LogP contribution in [0.25, 0.3) is 120 Å². The van der Waals surface area contributed by atoms with Crippen LogP contribution >= 0.6 is 11.3 Å². The maximum Gasteiger partial charge on any atom is 0.166 e. The lowest BCUT2D eigenvalue weighted by molar-refractivity contribution is 1.07. The molecule has 63 heavy (non-hydrogen) atoms. The van der Waals surface area contributed by atoms with Gasteiger partial charge in [0.05, 0.1) is 22.1 Å². The van der Waals surface area contributed by atoms with E-state index >= 15 is 0 Å². The topological polar surface area (TPSA) is 48.5 Å². The fourth-order valence-corrected chi connectivity index (χ4v) is 10.7. The summed E-state index contributed by atoms with van der Waals surface area (Å²) in [5, 5.41) is 7.33. The summed E-state index contributed by atoms with van der Waals surface area (Å²) in [6.07, 6.45) is 0. The first-order chi connectivity index (χ1) is 31.2. The maximum atomic E-state index is 5.24. The van der Waals surface area contributed by atoms with Gasteiger partial charge in [0.25, 0.3) is 0 Å².